The molecule has 0 saturated heterocycles. The van der Waals surface area contributed by atoms with Gasteiger partial charge in [-0.05, 0) is 370 Å². The van der Waals surface area contributed by atoms with Gasteiger partial charge in [0.1, 0.15) is 0 Å². The van der Waals surface area contributed by atoms with Crippen LogP contribution in [0.15, 0.2) is 346 Å². The van der Waals surface area contributed by atoms with Gasteiger partial charge in [-0.3, -0.25) is 0 Å². The van der Waals surface area contributed by atoms with E-state index < -0.39 is 5.82 Å². The first-order chi connectivity index (χ1) is 62.7. The summed E-state index contributed by atoms with van der Waals surface area (Å²) in [5.41, 5.74) is 41.3. The molecule has 17 rings (SSSR count). The Labute approximate surface area is 813 Å². The molecule has 1 radical (unpaired) electrons. The van der Waals surface area contributed by atoms with Crippen molar-refractivity contribution in [2.75, 3.05) is 0 Å². The summed E-state index contributed by atoms with van der Waals surface area (Å²) in [6.07, 6.45) is 1.90. The summed E-state index contributed by atoms with van der Waals surface area (Å²) < 4.78 is 17.9. The zero-order chi connectivity index (χ0) is 94.4. The van der Waals surface area contributed by atoms with E-state index in [9.17, 15) is 0 Å². The van der Waals surface area contributed by atoms with Gasteiger partial charge >= 0.3 is 0 Å². The van der Waals surface area contributed by atoms with E-state index in [0.717, 1.165) is 161 Å². The number of nitrogens with zero attached hydrogens (tertiary/aromatic N) is 1. The molecule has 0 amide bonds. The van der Waals surface area contributed by atoms with Crippen LogP contribution in [0.4, 0.5) is 4.39 Å². The third-order valence-corrected chi connectivity index (χ3v) is 27.1. The number of fused-ring (bicyclic) bond motifs is 1. The molecule has 0 aliphatic rings. The molecular formula is C131H129FIrN-. The minimum atomic E-state index is -0.482. The molecule has 0 aliphatic carbocycles. The van der Waals surface area contributed by atoms with Gasteiger partial charge in [-0.25, -0.2) is 4.39 Å². The fraction of sp³-hybridized carbons (Fsp3) is 0.244. The van der Waals surface area contributed by atoms with Crippen LogP contribution in [0.3, 0.4) is 0 Å². The Kier molecular flexibility index (Phi) is 25.7. The van der Waals surface area contributed by atoms with Crippen molar-refractivity contribution in [2.45, 2.75) is 209 Å². The molecule has 1 heterocycles. The van der Waals surface area contributed by atoms with Crippen molar-refractivity contribution < 1.29 is 24.5 Å². The second-order valence-electron chi connectivity index (χ2n) is 45.6. The van der Waals surface area contributed by atoms with Crippen molar-refractivity contribution in [1.29, 1.82) is 0 Å². The van der Waals surface area contributed by atoms with Crippen LogP contribution in [0.25, 0.3) is 178 Å². The van der Waals surface area contributed by atoms with Gasteiger partial charge < -0.3 is 4.98 Å². The molecule has 0 N–H and O–H groups in total. The Balaban J connectivity index is 0.0000131. The van der Waals surface area contributed by atoms with Gasteiger partial charge in [0.25, 0.3) is 0 Å². The Morgan fingerprint density at radius 3 is 0.537 bits per heavy atom. The van der Waals surface area contributed by atoms with Crippen LogP contribution in [0.1, 0.15) is 211 Å². The maximum absolute atomic E-state index is 17.9. The minimum absolute atomic E-state index is 0. The Morgan fingerprint density at radius 1 is 0.179 bits per heavy atom. The fourth-order valence-corrected chi connectivity index (χ4v) is 18.6. The van der Waals surface area contributed by atoms with Gasteiger partial charge in [0.15, 0.2) is 0 Å². The van der Waals surface area contributed by atoms with E-state index >= 15 is 4.39 Å². The van der Waals surface area contributed by atoms with Crippen LogP contribution in [0.2, 0.25) is 0 Å². The number of aromatic nitrogens is 1. The molecule has 0 saturated carbocycles. The third-order valence-electron chi connectivity index (χ3n) is 27.1. The van der Waals surface area contributed by atoms with Crippen LogP contribution in [0, 0.1) is 11.9 Å². The Morgan fingerprint density at radius 2 is 0.351 bits per heavy atom. The third kappa shape index (κ3) is 20.9. The molecule has 0 unspecified atom stereocenters. The molecule has 134 heavy (non-hydrogen) atoms. The molecule has 0 bridgehead atoms. The molecule has 1 aromatic heterocycles. The summed E-state index contributed by atoms with van der Waals surface area (Å²) in [4.78, 5) is 5.31. The molecule has 675 valence electrons. The zero-order valence-electron chi connectivity index (χ0n) is 83.1. The maximum Gasteiger partial charge on any atom is 0.0410 e. The second-order valence-corrected chi connectivity index (χ2v) is 45.6. The monoisotopic (exact) mass is 1930 g/mol. The zero-order valence-corrected chi connectivity index (χ0v) is 85.5. The Bertz CT molecular complexity index is 6520. The fourth-order valence-electron chi connectivity index (χ4n) is 18.6. The predicted molar refractivity (Wildman–Crippen MR) is 572 cm³/mol. The molecule has 0 atom stereocenters. The summed E-state index contributed by atoms with van der Waals surface area (Å²) in [6.45, 7) is 54.6. The molecule has 0 fully saturated rings. The van der Waals surface area contributed by atoms with Gasteiger partial charge in [-0.2, -0.15) is 0 Å². The van der Waals surface area contributed by atoms with Crippen LogP contribution < -0.4 is 0 Å². The molecule has 17 aromatic rings. The van der Waals surface area contributed by atoms with E-state index in [-0.39, 0.29) is 63.4 Å². The number of hydrogen-bond acceptors (Lipinski definition) is 1. The first-order valence-electron chi connectivity index (χ1n) is 47.7. The topological polar surface area (TPSA) is 12.9 Å². The van der Waals surface area contributed by atoms with Crippen molar-refractivity contribution >= 4 is 10.8 Å². The smallest absolute Gasteiger partial charge is 0.0410 e. The van der Waals surface area contributed by atoms with E-state index in [1.807, 2.05) is 6.20 Å². The van der Waals surface area contributed by atoms with Crippen molar-refractivity contribution in [3.63, 3.8) is 0 Å². The maximum atomic E-state index is 17.9. The van der Waals surface area contributed by atoms with Gasteiger partial charge in [0, 0.05) is 32.1 Å². The standard InChI is InChI=1S/C131H129FN.Ir/c1-124(2,3)111-44-28-83(29-45-111)91-62-92(84-30-46-112(47-31-84)125(4,5)6)67-99(66-91)103-74-104(100-68-93(85-32-48-113(49-33-85)126(7,8)9)63-94(69-100)86-34-50-114(51-35-86)127(10,11)12)76-105(75-103)108-80-110(82-119(132)81-108)123-122-27-25-26-120(121(122)60-61-133-123)109-78-106(101-70-95(87-36-52-115(53-37-87)128(13,14)15)64-96(71-101)88-38-54-116(55-39-88)129(16,17)18)77-107(79-109)102-72-97(89-40-56-117(57-41-89)130(19,20)21)65-98(73-102)90-42-58-118(59-43-90)131(22,23)24;/h25-81H,1-24H3;/q-1;. The van der Waals surface area contributed by atoms with E-state index in [1.54, 1.807) is 6.07 Å². The largest absolute Gasteiger partial charge is 0.304 e. The Hall–Kier alpha value is -12.5. The first-order valence-corrected chi connectivity index (χ1v) is 47.7. The van der Waals surface area contributed by atoms with Crippen LogP contribution in [-0.2, 0) is 63.4 Å². The number of benzene rings is 16. The summed E-state index contributed by atoms with van der Waals surface area (Å²) in [5, 5.41) is 1.86. The van der Waals surface area contributed by atoms with E-state index in [4.69, 9.17) is 4.98 Å². The summed E-state index contributed by atoms with van der Waals surface area (Å²) in [7, 11) is 0. The van der Waals surface area contributed by atoms with Crippen molar-refractivity contribution in [2.24, 2.45) is 0 Å². The number of hydrogen-bond donors (Lipinski definition) is 0. The number of pyridine rings is 1. The normalized spacial score (nSPS) is 12.5. The minimum Gasteiger partial charge on any atom is -0.304 e. The number of halogens is 1. The molecule has 3 heteroatoms. The molecule has 1 nitrogen and oxygen atoms in total. The summed E-state index contributed by atoms with van der Waals surface area (Å²) >= 11 is 0. The van der Waals surface area contributed by atoms with Crippen LogP contribution >= 0.6 is 0 Å². The van der Waals surface area contributed by atoms with Gasteiger partial charge in [-0.15, -0.1) is 17.7 Å². The molecular weight excluding hydrogens is 1800 g/mol. The van der Waals surface area contributed by atoms with E-state index in [2.05, 4.69) is 506 Å². The average molecular weight is 1930 g/mol. The molecule has 0 spiro atoms. The second kappa shape index (κ2) is 36.4. The van der Waals surface area contributed by atoms with Crippen molar-refractivity contribution in [1.82, 2.24) is 4.98 Å². The molecule has 0 aliphatic heterocycles. The quantitative estimate of drug-likeness (QED) is 0.0933. The predicted octanol–water partition coefficient (Wildman–Crippen LogP) is 37.6. The van der Waals surface area contributed by atoms with Gasteiger partial charge in [-0.1, -0.05) is 390 Å². The molecule has 16 aromatic carbocycles. The number of rotatable bonds is 15. The summed E-state index contributed by atoms with van der Waals surface area (Å²) in [5.74, 6) is -0.482. The van der Waals surface area contributed by atoms with Crippen molar-refractivity contribution in [3.05, 3.63) is 402 Å². The van der Waals surface area contributed by atoms with Crippen LogP contribution in [0.5, 0.6) is 0 Å². The average Bonchev–Trinajstić information content (AvgIpc) is 0.759. The van der Waals surface area contributed by atoms with Gasteiger partial charge in [0.05, 0.1) is 0 Å². The van der Waals surface area contributed by atoms with E-state index in [1.165, 1.54) is 44.5 Å². The van der Waals surface area contributed by atoms with Gasteiger partial charge in [0.2, 0.25) is 0 Å². The van der Waals surface area contributed by atoms with Crippen LogP contribution in [-0.4, -0.2) is 4.98 Å². The van der Waals surface area contributed by atoms with Crippen molar-refractivity contribution in [3.8, 4) is 167 Å². The SMILES string of the molecule is CC(C)(C)c1ccc(-c2cc(-c3ccc(C(C)(C)C)cc3)cc(-c3cc(-c4cc(F)[c-]c(-c5nccc6c(-c7cc(-c8cc(-c9ccc(C(C)(C)C)cc9)cc(-c9ccc(C(C)(C)C)cc9)c8)cc(-c8cc(-c9ccc(C(C)(C)C)cc9)cc(-c9ccc(C(C)(C)C)cc9)c8)c7)cccc56)c4)cc(-c4cc(-c5ccc(C(C)(C)C)cc5)cc(-c5ccc(C(C)(C)C)cc5)c4)c3)c2)cc1.[Ir]. The van der Waals surface area contributed by atoms with E-state index in [0.29, 0.717) is 16.8 Å². The summed E-state index contributed by atoms with van der Waals surface area (Å²) in [6, 6.07) is 131. The first kappa shape index (κ1) is 94.7.